The van der Waals surface area contributed by atoms with Gasteiger partial charge in [0.2, 0.25) is 0 Å². The highest BCUT2D eigenvalue weighted by atomic mass is 32.2. The molecule has 3 aromatic rings. The van der Waals surface area contributed by atoms with E-state index in [0.29, 0.717) is 25.3 Å². The largest absolute Gasteiger partial charge is 0.383 e. The van der Waals surface area contributed by atoms with E-state index in [4.69, 9.17) is 4.74 Å². The zero-order valence-corrected chi connectivity index (χ0v) is 20.4. The summed E-state index contributed by atoms with van der Waals surface area (Å²) in [7, 11) is 3.71. The zero-order chi connectivity index (χ0) is 23.4. The topological polar surface area (TPSA) is 60.2 Å². The summed E-state index contributed by atoms with van der Waals surface area (Å²) in [6, 6.07) is 18.5. The summed E-state index contributed by atoms with van der Waals surface area (Å²) in [5.74, 6) is 1.24. The summed E-state index contributed by atoms with van der Waals surface area (Å²) in [5, 5.41) is 9.53. The van der Waals surface area contributed by atoms with Crippen molar-refractivity contribution in [2.24, 2.45) is 0 Å². The maximum atomic E-state index is 13.0. The third-order valence-corrected chi connectivity index (χ3v) is 7.09. The number of aromatic nitrogens is 3. The maximum Gasteiger partial charge on any atom is 0.191 e. The summed E-state index contributed by atoms with van der Waals surface area (Å²) in [4.78, 5) is 15.1. The molecule has 1 aliphatic rings. The highest BCUT2D eigenvalue weighted by molar-refractivity contribution is 7.99. The van der Waals surface area contributed by atoms with Crippen molar-refractivity contribution < 1.29 is 9.53 Å². The molecule has 1 aromatic heterocycles. The number of rotatable bonds is 9. The zero-order valence-electron chi connectivity index (χ0n) is 19.6. The highest BCUT2D eigenvalue weighted by Crippen LogP contribution is 2.46. The van der Waals surface area contributed by atoms with Crippen molar-refractivity contribution in [2.75, 3.05) is 31.4 Å². The van der Waals surface area contributed by atoms with Crippen LogP contribution in [0.5, 0.6) is 0 Å². The number of thioether (sulfide) groups is 1. The van der Waals surface area contributed by atoms with Gasteiger partial charge in [0.15, 0.2) is 10.9 Å². The molecule has 0 spiro atoms. The van der Waals surface area contributed by atoms with E-state index in [1.165, 1.54) is 22.9 Å². The lowest BCUT2D eigenvalue weighted by molar-refractivity contribution is -0.112. The third kappa shape index (κ3) is 4.89. The van der Waals surface area contributed by atoms with Gasteiger partial charge in [0, 0.05) is 50.0 Å². The van der Waals surface area contributed by atoms with Crippen LogP contribution in [0.2, 0.25) is 0 Å². The minimum Gasteiger partial charge on any atom is -0.383 e. The van der Waals surface area contributed by atoms with E-state index in [1.54, 1.807) is 13.2 Å². The molecule has 0 fully saturated rings. The molecule has 0 saturated heterocycles. The van der Waals surface area contributed by atoms with Gasteiger partial charge in [-0.3, -0.25) is 4.79 Å². The summed E-state index contributed by atoms with van der Waals surface area (Å²) < 4.78 is 7.35. The van der Waals surface area contributed by atoms with E-state index in [9.17, 15) is 4.79 Å². The molecule has 0 amide bonds. The summed E-state index contributed by atoms with van der Waals surface area (Å²) in [6.07, 6.45) is 2.47. The van der Waals surface area contributed by atoms with Crippen LogP contribution in [0.4, 0.5) is 5.69 Å². The number of carbonyl (C=O) groups excluding carboxylic acids is 1. The number of hydrogen-bond donors (Lipinski definition) is 0. The number of ketones is 1. The molecule has 33 heavy (non-hydrogen) atoms. The smallest absolute Gasteiger partial charge is 0.191 e. The van der Waals surface area contributed by atoms with E-state index in [0.717, 1.165) is 22.4 Å². The minimum atomic E-state index is -0.215. The van der Waals surface area contributed by atoms with Crippen LogP contribution >= 0.6 is 11.8 Å². The maximum absolute atomic E-state index is 13.0. The Morgan fingerprint density at radius 1 is 1.09 bits per heavy atom. The molecule has 0 N–H and O–H groups in total. The van der Waals surface area contributed by atoms with Crippen molar-refractivity contribution in [3.63, 3.8) is 0 Å². The Morgan fingerprint density at radius 2 is 1.82 bits per heavy atom. The number of nitrogens with zero attached hydrogens (tertiary/aromatic N) is 4. The van der Waals surface area contributed by atoms with E-state index in [2.05, 4.69) is 63.8 Å². The van der Waals surface area contributed by atoms with Crippen molar-refractivity contribution in [2.45, 2.75) is 37.4 Å². The number of methoxy groups -OCH3 is 1. The Morgan fingerprint density at radius 3 is 2.55 bits per heavy atom. The van der Waals surface area contributed by atoms with Gasteiger partial charge in [-0.1, -0.05) is 74.1 Å². The van der Waals surface area contributed by atoms with Crippen molar-refractivity contribution in [1.29, 1.82) is 0 Å². The fourth-order valence-electron chi connectivity index (χ4n) is 4.33. The number of likely N-dealkylation sites (N-methyl/N-ethyl adjacent to an activating group) is 1. The normalized spacial score (nSPS) is 15.8. The van der Waals surface area contributed by atoms with Gasteiger partial charge in [0.25, 0.3) is 0 Å². The molecule has 0 atom stereocenters. The summed E-state index contributed by atoms with van der Waals surface area (Å²) >= 11 is 1.43. The van der Waals surface area contributed by atoms with Gasteiger partial charge in [0.1, 0.15) is 5.82 Å². The lowest BCUT2D eigenvalue weighted by atomic mass is 9.83. The standard InChI is InChI=1S/C26H30N4O2S/c1-26(2)21-12-8-9-13-22(21)29(3)23(26)17-20(31)18-33-25-28-27-24(30(25)14-15-32-4)16-19-10-6-5-7-11-19/h5-13,17H,14-16,18H2,1-4H3. The summed E-state index contributed by atoms with van der Waals surface area (Å²) in [5.41, 5.74) is 4.36. The second-order valence-corrected chi connectivity index (χ2v) is 9.63. The molecule has 0 saturated carbocycles. The number of allylic oxidation sites excluding steroid dienone is 2. The molecule has 7 heteroatoms. The monoisotopic (exact) mass is 462 g/mol. The molecule has 0 unspecified atom stereocenters. The van der Waals surface area contributed by atoms with Crippen molar-refractivity contribution in [3.05, 3.63) is 83.3 Å². The van der Waals surface area contributed by atoms with Gasteiger partial charge >= 0.3 is 0 Å². The number of anilines is 1. The Balaban J connectivity index is 1.49. The lowest BCUT2D eigenvalue weighted by Crippen LogP contribution is -2.24. The Hall–Kier alpha value is -2.90. The number of hydrogen-bond acceptors (Lipinski definition) is 6. The molecular weight excluding hydrogens is 432 g/mol. The minimum absolute atomic E-state index is 0.0635. The first-order valence-electron chi connectivity index (χ1n) is 11.1. The van der Waals surface area contributed by atoms with Gasteiger partial charge in [0.05, 0.1) is 12.4 Å². The van der Waals surface area contributed by atoms with Gasteiger partial charge in [-0.25, -0.2) is 0 Å². The van der Waals surface area contributed by atoms with Crippen LogP contribution in [0.25, 0.3) is 0 Å². The SMILES string of the molecule is COCCn1c(Cc2ccccc2)nnc1SCC(=O)C=C1N(C)c2ccccc2C1(C)C. The molecule has 2 aromatic carbocycles. The van der Waals surface area contributed by atoms with E-state index >= 15 is 0 Å². The third-order valence-electron chi connectivity index (χ3n) is 6.10. The molecule has 1 aliphatic heterocycles. The molecule has 172 valence electrons. The molecule has 0 aliphatic carbocycles. The van der Waals surface area contributed by atoms with Gasteiger partial charge in [-0.15, -0.1) is 10.2 Å². The van der Waals surface area contributed by atoms with Crippen LogP contribution < -0.4 is 4.90 Å². The molecule has 0 bridgehead atoms. The number of fused-ring (bicyclic) bond motifs is 1. The van der Waals surface area contributed by atoms with Crippen molar-refractivity contribution in [1.82, 2.24) is 14.8 Å². The van der Waals surface area contributed by atoms with Crippen LogP contribution in [0, 0.1) is 0 Å². The molecule has 6 nitrogen and oxygen atoms in total. The first-order valence-corrected chi connectivity index (χ1v) is 12.1. The highest BCUT2D eigenvalue weighted by Gasteiger charge is 2.38. The average Bonchev–Trinajstić information content (AvgIpc) is 3.28. The van der Waals surface area contributed by atoms with Crippen LogP contribution in [-0.2, 0) is 27.9 Å². The first-order chi connectivity index (χ1) is 15.9. The quantitative estimate of drug-likeness (QED) is 0.345. The van der Waals surface area contributed by atoms with Crippen LogP contribution in [0.15, 0.2) is 71.5 Å². The summed E-state index contributed by atoms with van der Waals surface area (Å²) in [6.45, 7) is 5.54. The van der Waals surface area contributed by atoms with Crippen molar-refractivity contribution in [3.8, 4) is 0 Å². The molecule has 2 heterocycles. The lowest BCUT2D eigenvalue weighted by Gasteiger charge is -2.23. The molecule has 4 rings (SSSR count). The van der Waals surface area contributed by atoms with E-state index in [1.807, 2.05) is 31.3 Å². The van der Waals surface area contributed by atoms with Crippen molar-refractivity contribution >= 4 is 23.2 Å². The van der Waals surface area contributed by atoms with Gasteiger partial charge in [-0.05, 0) is 17.2 Å². The average molecular weight is 463 g/mol. The fraction of sp³-hybridized carbons (Fsp3) is 0.346. The Bertz CT molecular complexity index is 1150. The number of carbonyl (C=O) groups is 1. The number of benzene rings is 2. The number of para-hydroxylation sites is 1. The van der Waals surface area contributed by atoms with E-state index < -0.39 is 0 Å². The fourth-order valence-corrected chi connectivity index (χ4v) is 5.14. The van der Waals surface area contributed by atoms with E-state index in [-0.39, 0.29) is 11.2 Å². The molecule has 0 radical (unpaired) electrons. The Kier molecular flexibility index (Phi) is 7.00. The first kappa shape index (κ1) is 23.3. The predicted molar refractivity (Wildman–Crippen MR) is 133 cm³/mol. The van der Waals surface area contributed by atoms with Crippen LogP contribution in [0.1, 0.15) is 30.8 Å². The van der Waals surface area contributed by atoms with Gasteiger partial charge in [-0.2, -0.15) is 0 Å². The number of ether oxygens (including phenoxy) is 1. The van der Waals surface area contributed by atoms with Crippen LogP contribution in [-0.4, -0.2) is 47.1 Å². The second-order valence-electron chi connectivity index (χ2n) is 8.69. The Labute approximate surface area is 199 Å². The predicted octanol–water partition coefficient (Wildman–Crippen LogP) is 4.49. The van der Waals surface area contributed by atoms with Crippen LogP contribution in [0.3, 0.4) is 0 Å². The van der Waals surface area contributed by atoms with Gasteiger partial charge < -0.3 is 14.2 Å². The second kappa shape index (κ2) is 9.93. The molecular formula is C26H30N4O2S.